The van der Waals surface area contributed by atoms with E-state index in [2.05, 4.69) is 15.8 Å². The third-order valence-corrected chi connectivity index (χ3v) is 6.75. The SMILES string of the molecule is Cc1cc(C)cc(N2C(=O)/C(=N\Nc3ccc(/C=C4\SC(=O)NC4=O)cc3O)c3ccc(C(F)(F)F)cc32)c1. The number of hydrazone groups is 1. The highest BCUT2D eigenvalue weighted by molar-refractivity contribution is 8.18. The summed E-state index contributed by atoms with van der Waals surface area (Å²) in [4.78, 5) is 37.9. The average molecular weight is 553 g/mol. The molecule has 0 atom stereocenters. The summed E-state index contributed by atoms with van der Waals surface area (Å²) in [5, 5.41) is 16.3. The maximum atomic E-state index is 13.5. The second kappa shape index (κ2) is 9.62. The van der Waals surface area contributed by atoms with Crippen LogP contribution in [0.25, 0.3) is 6.08 Å². The summed E-state index contributed by atoms with van der Waals surface area (Å²) in [5.74, 6) is -1.46. The second-order valence-electron chi connectivity index (χ2n) is 8.92. The topological polar surface area (TPSA) is 111 Å². The molecule has 0 unspecified atom stereocenters. The summed E-state index contributed by atoms with van der Waals surface area (Å²) in [6, 6.07) is 12.6. The summed E-state index contributed by atoms with van der Waals surface area (Å²) >= 11 is 0.732. The number of carbonyl (C=O) groups is 3. The first-order valence-corrected chi connectivity index (χ1v) is 12.3. The van der Waals surface area contributed by atoms with Gasteiger partial charge in [-0.15, -0.1) is 0 Å². The smallest absolute Gasteiger partial charge is 0.416 e. The molecule has 0 saturated carbocycles. The lowest BCUT2D eigenvalue weighted by atomic mass is 10.1. The van der Waals surface area contributed by atoms with Gasteiger partial charge in [-0.05, 0) is 90.8 Å². The Morgan fingerprint density at radius 2 is 1.72 bits per heavy atom. The number of phenols is 1. The maximum Gasteiger partial charge on any atom is 0.416 e. The molecule has 12 heteroatoms. The van der Waals surface area contributed by atoms with E-state index in [0.29, 0.717) is 11.3 Å². The zero-order valence-electron chi connectivity index (χ0n) is 20.4. The molecule has 0 aliphatic carbocycles. The molecular weight excluding hydrogens is 533 g/mol. The number of aromatic hydroxyl groups is 1. The van der Waals surface area contributed by atoms with Crippen molar-refractivity contribution in [1.82, 2.24) is 5.32 Å². The molecule has 0 bridgehead atoms. The lowest BCUT2D eigenvalue weighted by molar-refractivity contribution is -0.137. The number of phenolic OH excluding ortho intramolecular Hbond substituents is 1. The molecule has 3 aromatic rings. The highest BCUT2D eigenvalue weighted by atomic mass is 32.2. The molecular formula is C27H19F3N4O4S. The minimum Gasteiger partial charge on any atom is -0.506 e. The van der Waals surface area contributed by atoms with Crippen LogP contribution < -0.4 is 15.6 Å². The number of imide groups is 1. The Kier molecular flexibility index (Phi) is 6.43. The fourth-order valence-corrected chi connectivity index (χ4v) is 4.97. The largest absolute Gasteiger partial charge is 0.506 e. The van der Waals surface area contributed by atoms with E-state index in [4.69, 9.17) is 0 Å². The van der Waals surface area contributed by atoms with E-state index in [1.807, 2.05) is 19.9 Å². The Labute approximate surface area is 224 Å². The number of carbonyl (C=O) groups excluding carboxylic acids is 3. The second-order valence-corrected chi connectivity index (χ2v) is 9.93. The van der Waals surface area contributed by atoms with Crippen LogP contribution in [0.4, 0.5) is 35.0 Å². The first kappa shape index (κ1) is 26.0. The predicted molar refractivity (Wildman–Crippen MR) is 142 cm³/mol. The molecule has 0 aromatic heterocycles. The zero-order valence-corrected chi connectivity index (χ0v) is 21.2. The lowest BCUT2D eigenvalue weighted by Crippen LogP contribution is -2.26. The summed E-state index contributed by atoms with van der Waals surface area (Å²) in [7, 11) is 0. The number of halogens is 3. The van der Waals surface area contributed by atoms with Crippen molar-refractivity contribution in [2.24, 2.45) is 5.10 Å². The Morgan fingerprint density at radius 1 is 1.00 bits per heavy atom. The monoisotopic (exact) mass is 552 g/mol. The maximum absolute atomic E-state index is 13.5. The molecule has 8 nitrogen and oxygen atoms in total. The molecule has 5 rings (SSSR count). The Balaban J connectivity index is 1.50. The van der Waals surface area contributed by atoms with Crippen LogP contribution in [0.3, 0.4) is 0 Å². The number of benzene rings is 3. The van der Waals surface area contributed by atoms with Crippen molar-refractivity contribution < 1.29 is 32.7 Å². The molecule has 3 amide bonds. The van der Waals surface area contributed by atoms with Gasteiger partial charge in [0.05, 0.1) is 21.8 Å². The number of hydrogen-bond acceptors (Lipinski definition) is 7. The molecule has 1 fully saturated rings. The number of alkyl halides is 3. The number of hydrogen-bond donors (Lipinski definition) is 3. The summed E-state index contributed by atoms with van der Waals surface area (Å²) in [5.41, 5.74) is 4.38. The third kappa shape index (κ3) is 5.10. The number of nitrogens with one attached hydrogen (secondary N) is 2. The third-order valence-electron chi connectivity index (χ3n) is 5.94. The van der Waals surface area contributed by atoms with Gasteiger partial charge in [-0.25, -0.2) is 0 Å². The minimum atomic E-state index is -4.61. The number of fused-ring (bicyclic) bond motifs is 1. The molecule has 3 N–H and O–H groups in total. The van der Waals surface area contributed by atoms with Crippen molar-refractivity contribution in [3.8, 4) is 5.75 Å². The highest BCUT2D eigenvalue weighted by Crippen LogP contribution is 2.41. The lowest BCUT2D eigenvalue weighted by Gasteiger charge is -2.19. The number of amides is 3. The van der Waals surface area contributed by atoms with E-state index < -0.39 is 28.8 Å². The summed E-state index contributed by atoms with van der Waals surface area (Å²) in [6.07, 6.45) is -3.19. The van der Waals surface area contributed by atoms with Gasteiger partial charge in [0.1, 0.15) is 5.75 Å². The fourth-order valence-electron chi connectivity index (χ4n) is 4.29. The van der Waals surface area contributed by atoms with Crippen LogP contribution in [0.2, 0.25) is 0 Å². The van der Waals surface area contributed by atoms with Crippen molar-refractivity contribution in [3.63, 3.8) is 0 Å². The van der Waals surface area contributed by atoms with Crippen molar-refractivity contribution in [2.45, 2.75) is 20.0 Å². The molecule has 0 radical (unpaired) electrons. The van der Waals surface area contributed by atoms with Gasteiger partial charge in [-0.1, -0.05) is 12.1 Å². The quantitative estimate of drug-likeness (QED) is 0.213. The molecule has 2 aliphatic rings. The van der Waals surface area contributed by atoms with Crippen molar-refractivity contribution in [1.29, 1.82) is 0 Å². The van der Waals surface area contributed by atoms with Gasteiger partial charge < -0.3 is 5.11 Å². The molecule has 0 spiro atoms. The van der Waals surface area contributed by atoms with Crippen LogP contribution in [-0.2, 0) is 15.8 Å². The molecule has 2 aliphatic heterocycles. The van der Waals surface area contributed by atoms with Gasteiger partial charge in [0.2, 0.25) is 0 Å². The molecule has 3 aromatic carbocycles. The van der Waals surface area contributed by atoms with Gasteiger partial charge >= 0.3 is 6.18 Å². The van der Waals surface area contributed by atoms with Crippen LogP contribution in [0.1, 0.15) is 27.8 Å². The Morgan fingerprint density at radius 3 is 2.33 bits per heavy atom. The fraction of sp³-hybridized carbons (Fsp3) is 0.111. The first-order valence-electron chi connectivity index (χ1n) is 11.5. The predicted octanol–water partition coefficient (Wildman–Crippen LogP) is 5.85. The van der Waals surface area contributed by atoms with Crippen molar-refractivity contribution in [3.05, 3.63) is 87.3 Å². The molecule has 39 heavy (non-hydrogen) atoms. The number of nitrogens with zero attached hydrogens (tertiary/aromatic N) is 2. The van der Waals surface area contributed by atoms with E-state index in [0.717, 1.165) is 35.0 Å². The molecule has 1 saturated heterocycles. The molecule has 198 valence electrons. The van der Waals surface area contributed by atoms with Crippen molar-refractivity contribution >= 4 is 57.7 Å². The average Bonchev–Trinajstić information content (AvgIpc) is 3.30. The van der Waals surface area contributed by atoms with E-state index in [-0.39, 0.29) is 33.3 Å². The number of rotatable bonds is 4. The van der Waals surface area contributed by atoms with Crippen LogP contribution in [0.15, 0.2) is 64.6 Å². The van der Waals surface area contributed by atoms with Crippen LogP contribution in [0, 0.1) is 13.8 Å². The Bertz CT molecular complexity index is 1610. The number of thioether (sulfide) groups is 1. The van der Waals surface area contributed by atoms with E-state index in [9.17, 15) is 32.7 Å². The normalized spacial score (nSPS) is 17.3. The van der Waals surface area contributed by atoms with Crippen LogP contribution >= 0.6 is 11.8 Å². The number of aryl methyl sites for hydroxylation is 2. The summed E-state index contributed by atoms with van der Waals surface area (Å²) < 4.78 is 40.5. The standard InChI is InChI=1S/C27H19F3N4O4S/c1-13-7-14(2)9-17(8-13)34-20-12-16(27(28,29)30)4-5-18(20)23(25(34)37)33-32-19-6-3-15(10-21(19)35)11-22-24(36)31-26(38)39-22/h3-12,32,35H,1-2H3,(H,31,36,38)/b22-11-,33-23-. The van der Waals surface area contributed by atoms with Gasteiger partial charge in [0.25, 0.3) is 17.1 Å². The molecule has 2 heterocycles. The van der Waals surface area contributed by atoms with Crippen molar-refractivity contribution in [2.75, 3.05) is 10.3 Å². The van der Waals surface area contributed by atoms with E-state index in [1.54, 1.807) is 18.2 Å². The van der Waals surface area contributed by atoms with Crippen LogP contribution in [0.5, 0.6) is 5.75 Å². The highest BCUT2D eigenvalue weighted by Gasteiger charge is 2.39. The van der Waals surface area contributed by atoms with E-state index in [1.165, 1.54) is 29.2 Å². The first-order chi connectivity index (χ1) is 18.4. The van der Waals surface area contributed by atoms with Gasteiger partial charge in [0.15, 0.2) is 5.71 Å². The van der Waals surface area contributed by atoms with Gasteiger partial charge in [-0.3, -0.25) is 30.0 Å². The van der Waals surface area contributed by atoms with Crippen LogP contribution in [-0.4, -0.2) is 27.9 Å². The summed E-state index contributed by atoms with van der Waals surface area (Å²) in [6.45, 7) is 3.64. The van der Waals surface area contributed by atoms with Gasteiger partial charge in [0, 0.05) is 11.3 Å². The minimum absolute atomic E-state index is 0.0356. The number of anilines is 3. The van der Waals surface area contributed by atoms with E-state index >= 15 is 0 Å². The zero-order chi connectivity index (χ0) is 28.1. The van der Waals surface area contributed by atoms with Gasteiger partial charge in [-0.2, -0.15) is 18.3 Å². The Hall–Kier alpha value is -4.58.